The number of benzene rings is 8. The molecule has 0 spiro atoms. The molecule has 0 saturated heterocycles. The van der Waals surface area contributed by atoms with Crippen molar-refractivity contribution in [2.75, 3.05) is 17.3 Å². The first kappa shape index (κ1) is 30.7. The number of hydrogen-bond acceptors (Lipinski definition) is 4. The highest BCUT2D eigenvalue weighted by Crippen LogP contribution is 2.50. The summed E-state index contributed by atoms with van der Waals surface area (Å²) in [5.74, 6) is 3.47. The Morgan fingerprint density at radius 3 is 1.71 bits per heavy atom. The van der Waals surface area contributed by atoms with Crippen LogP contribution < -0.4 is 19.7 Å². The van der Waals surface area contributed by atoms with Crippen LogP contribution in [0.1, 0.15) is 35.1 Å². The molecule has 0 saturated carbocycles. The van der Waals surface area contributed by atoms with Crippen molar-refractivity contribution in [3.05, 3.63) is 156 Å². The van der Waals surface area contributed by atoms with E-state index in [-0.39, 0.29) is 0 Å². The van der Waals surface area contributed by atoms with Crippen molar-refractivity contribution in [2.45, 2.75) is 25.7 Å². The van der Waals surface area contributed by atoms with Crippen molar-refractivity contribution < 1.29 is 9.47 Å². The maximum absolute atomic E-state index is 6.35. The average Bonchev–Trinajstić information content (AvgIpc) is 3.25. The molecule has 0 amide bonds. The minimum atomic E-state index is 0.846. The zero-order chi connectivity index (χ0) is 36.2. The van der Waals surface area contributed by atoms with Crippen molar-refractivity contribution in [1.82, 2.24) is 0 Å². The molecule has 0 unspecified atom stereocenters. The summed E-state index contributed by atoms with van der Waals surface area (Å²) in [4.78, 5) is 2.24. The normalized spacial score (nSPS) is 14.6. The summed E-state index contributed by atoms with van der Waals surface area (Å²) in [6.45, 7) is 0. The molecule has 2 aliphatic carbocycles. The van der Waals surface area contributed by atoms with Gasteiger partial charge in [0.05, 0.1) is 22.7 Å². The average molecular weight is 709 g/mol. The molecular weight excluding hydrogens is 673 g/mol. The third-order valence-corrected chi connectivity index (χ3v) is 12.1. The van der Waals surface area contributed by atoms with Gasteiger partial charge >= 0.3 is 0 Å². The van der Waals surface area contributed by atoms with Crippen LogP contribution in [0.25, 0.3) is 66.7 Å². The first-order chi connectivity index (χ1) is 27.2. The Morgan fingerprint density at radius 1 is 0.473 bits per heavy atom. The lowest BCUT2D eigenvalue weighted by molar-refractivity contribution is 0.475. The first-order valence-corrected chi connectivity index (χ1v) is 19.3. The molecule has 0 aromatic heterocycles. The van der Waals surface area contributed by atoms with Crippen LogP contribution in [-0.4, -0.2) is 7.05 Å². The number of nitrogens with zero attached hydrogens (tertiary/aromatic N) is 1. The molecule has 8 aromatic rings. The second-order valence-corrected chi connectivity index (χ2v) is 15.2. The fourth-order valence-electron chi connectivity index (χ4n) is 9.51. The van der Waals surface area contributed by atoms with Gasteiger partial charge in [-0.1, -0.05) is 85.0 Å². The van der Waals surface area contributed by atoms with Gasteiger partial charge in [-0.15, -0.1) is 0 Å². The lowest BCUT2D eigenvalue weighted by Gasteiger charge is -2.30. The maximum atomic E-state index is 6.35. The number of hydrogen-bond donors (Lipinski definition) is 1. The van der Waals surface area contributed by atoms with Gasteiger partial charge in [0.1, 0.15) is 0 Å². The van der Waals surface area contributed by atoms with Crippen molar-refractivity contribution in [1.29, 1.82) is 0 Å². The molecule has 8 aromatic carbocycles. The molecule has 0 radical (unpaired) electrons. The van der Waals surface area contributed by atoms with Crippen molar-refractivity contribution in [2.24, 2.45) is 0 Å². The molecule has 2 heterocycles. The molecule has 4 nitrogen and oxygen atoms in total. The van der Waals surface area contributed by atoms with Crippen molar-refractivity contribution >= 4 is 67.2 Å². The highest BCUT2D eigenvalue weighted by atomic mass is 16.5. The van der Waals surface area contributed by atoms with E-state index >= 15 is 0 Å². The smallest absolute Gasteiger partial charge is 0.151 e. The van der Waals surface area contributed by atoms with Crippen LogP contribution >= 0.6 is 0 Å². The molecule has 0 bridgehead atoms. The van der Waals surface area contributed by atoms with Gasteiger partial charge in [-0.05, 0) is 163 Å². The SMILES string of the molecule is CN1c2ccccc2Oc2ccc(-c3ccc4c5c(c6c7cc(-c8ccc9c(c8)Nc8ccccc8O9)ccc7c7c(c6c4c3)C=CCC7)C=CCC5)cc21. The minimum Gasteiger partial charge on any atom is -0.453 e. The summed E-state index contributed by atoms with van der Waals surface area (Å²) in [6.07, 6.45) is 13.7. The van der Waals surface area contributed by atoms with Crippen molar-refractivity contribution in [3.8, 4) is 45.3 Å². The van der Waals surface area contributed by atoms with E-state index in [1.54, 1.807) is 0 Å². The molecule has 4 heteroatoms. The zero-order valence-corrected chi connectivity index (χ0v) is 30.4. The van der Waals surface area contributed by atoms with E-state index in [1.165, 1.54) is 76.8 Å². The van der Waals surface area contributed by atoms with Gasteiger partial charge in [0.25, 0.3) is 0 Å². The number of fused-ring (bicyclic) bond motifs is 15. The van der Waals surface area contributed by atoms with Crippen molar-refractivity contribution in [3.63, 3.8) is 0 Å². The second kappa shape index (κ2) is 11.6. The second-order valence-electron chi connectivity index (χ2n) is 15.2. The summed E-state index contributed by atoms with van der Waals surface area (Å²) in [7, 11) is 2.13. The summed E-state index contributed by atoms with van der Waals surface area (Å²) < 4.78 is 12.6. The van der Waals surface area contributed by atoms with Crippen LogP contribution in [0.2, 0.25) is 0 Å². The largest absolute Gasteiger partial charge is 0.453 e. The van der Waals surface area contributed by atoms with E-state index in [4.69, 9.17) is 9.47 Å². The third kappa shape index (κ3) is 4.58. The number of allylic oxidation sites excluding steroid dienone is 2. The van der Waals surface area contributed by atoms with Crippen LogP contribution in [0.4, 0.5) is 22.7 Å². The van der Waals surface area contributed by atoms with Gasteiger partial charge < -0.3 is 19.7 Å². The molecule has 4 aliphatic rings. The summed E-state index contributed by atoms with van der Waals surface area (Å²) in [6, 6.07) is 43.8. The molecule has 2 aliphatic heterocycles. The number of ether oxygens (including phenoxy) is 2. The summed E-state index contributed by atoms with van der Waals surface area (Å²) >= 11 is 0. The van der Waals surface area contributed by atoms with E-state index in [0.717, 1.165) is 71.4 Å². The quantitative estimate of drug-likeness (QED) is 0.181. The Bertz CT molecular complexity index is 3040. The van der Waals surface area contributed by atoms with Crippen LogP contribution in [0.15, 0.2) is 133 Å². The minimum absolute atomic E-state index is 0.846. The predicted octanol–water partition coefficient (Wildman–Crippen LogP) is 14.1. The predicted molar refractivity (Wildman–Crippen MR) is 229 cm³/mol. The van der Waals surface area contributed by atoms with Gasteiger partial charge in [-0.25, -0.2) is 0 Å². The zero-order valence-electron chi connectivity index (χ0n) is 30.4. The monoisotopic (exact) mass is 708 g/mol. The number of para-hydroxylation sites is 4. The lowest BCUT2D eigenvalue weighted by atomic mass is 9.79. The van der Waals surface area contributed by atoms with Gasteiger partial charge in [-0.3, -0.25) is 0 Å². The standard InChI is InChI=1S/C51H36N2O2/c1-53-44-15-7-9-17-48(44)55-49-25-21-33(29-45(49)53)31-19-23-37-35-11-3-4-12-38(35)50-40-26-30(18-22-36(40)34-10-2-5-13-39(34)51(50)41(37)27-31)32-20-24-47-43(28-32)52-42-14-6-8-16-46(42)54-47/h4-9,12-29,52H,2-3,10-11H2,1H3. The van der Waals surface area contributed by atoms with Crippen LogP contribution in [0.5, 0.6) is 23.0 Å². The summed E-state index contributed by atoms with van der Waals surface area (Å²) in [5, 5.41) is 11.7. The van der Waals surface area contributed by atoms with E-state index in [0.29, 0.717) is 0 Å². The topological polar surface area (TPSA) is 33.7 Å². The molecule has 55 heavy (non-hydrogen) atoms. The third-order valence-electron chi connectivity index (χ3n) is 12.1. The van der Waals surface area contributed by atoms with Gasteiger partial charge in [-0.2, -0.15) is 0 Å². The first-order valence-electron chi connectivity index (χ1n) is 19.3. The fourth-order valence-corrected chi connectivity index (χ4v) is 9.51. The Morgan fingerprint density at radius 2 is 1.00 bits per heavy atom. The number of nitrogens with one attached hydrogen (secondary N) is 1. The Labute approximate surface area is 319 Å². The number of rotatable bonds is 2. The van der Waals surface area contributed by atoms with E-state index in [9.17, 15) is 0 Å². The lowest BCUT2D eigenvalue weighted by Crippen LogP contribution is -2.15. The molecule has 0 atom stereocenters. The fraction of sp³-hybridized carbons (Fsp3) is 0.0980. The molecule has 262 valence electrons. The summed E-state index contributed by atoms with van der Waals surface area (Å²) in [5.41, 5.74) is 14.5. The Balaban J connectivity index is 1.08. The molecular formula is C51H36N2O2. The van der Waals surface area contributed by atoms with Gasteiger partial charge in [0.15, 0.2) is 23.0 Å². The van der Waals surface area contributed by atoms with E-state index < -0.39 is 0 Å². The van der Waals surface area contributed by atoms with Crippen LogP contribution in [-0.2, 0) is 12.8 Å². The highest BCUT2D eigenvalue weighted by molar-refractivity contribution is 6.26. The Hall–Kier alpha value is -6.78. The van der Waals surface area contributed by atoms with E-state index in [1.807, 2.05) is 30.3 Å². The molecule has 0 fully saturated rings. The molecule has 1 N–H and O–H groups in total. The van der Waals surface area contributed by atoms with Gasteiger partial charge in [0.2, 0.25) is 0 Å². The van der Waals surface area contributed by atoms with E-state index in [2.05, 4.69) is 133 Å². The number of anilines is 4. The van der Waals surface area contributed by atoms with Gasteiger partial charge in [0, 0.05) is 7.05 Å². The maximum Gasteiger partial charge on any atom is 0.151 e. The van der Waals surface area contributed by atoms with Crippen LogP contribution in [0, 0.1) is 0 Å². The number of aryl methyl sites for hydroxylation is 2. The van der Waals surface area contributed by atoms with Crippen LogP contribution in [0.3, 0.4) is 0 Å². The molecule has 12 rings (SSSR count). The highest BCUT2D eigenvalue weighted by Gasteiger charge is 2.25. The Kier molecular flexibility index (Phi) is 6.47.